The lowest BCUT2D eigenvalue weighted by molar-refractivity contribution is -0.140. The topological polar surface area (TPSA) is 88.6 Å². The molecule has 0 unspecified atom stereocenters. The van der Waals surface area contributed by atoms with Crippen molar-refractivity contribution in [3.05, 3.63) is 47.1 Å². The van der Waals surface area contributed by atoms with Gasteiger partial charge in [0.15, 0.2) is 0 Å². The molecule has 1 fully saturated rings. The molecule has 1 aliphatic heterocycles. The zero-order chi connectivity index (χ0) is 23.2. The number of ether oxygens (including phenoxy) is 1. The van der Waals surface area contributed by atoms with Gasteiger partial charge in [-0.3, -0.25) is 9.78 Å². The van der Waals surface area contributed by atoms with E-state index in [9.17, 15) is 17.6 Å². The first-order chi connectivity index (χ1) is 14.5. The molecule has 0 saturated carbocycles. The summed E-state index contributed by atoms with van der Waals surface area (Å²) in [6, 6.07) is 2.83. The minimum absolute atomic E-state index is 0.00350. The van der Waals surface area contributed by atoms with Crippen LogP contribution in [0.1, 0.15) is 38.8 Å². The Hall–Kier alpha value is -1.97. The SMILES string of the molecule is C=C(N/C(=C(\C)Cl)[C@@H]1CCN(S(=O)(=O)CCCC(=O)OC)C[C@@H]1C)c1ccc(F)cn1. The van der Waals surface area contributed by atoms with Gasteiger partial charge in [-0.2, -0.15) is 0 Å². The summed E-state index contributed by atoms with van der Waals surface area (Å²) in [7, 11) is -2.19. The summed E-state index contributed by atoms with van der Waals surface area (Å²) in [5, 5.41) is 3.76. The Morgan fingerprint density at radius 2 is 2.16 bits per heavy atom. The Labute approximate surface area is 188 Å². The fourth-order valence-electron chi connectivity index (χ4n) is 3.63. The van der Waals surface area contributed by atoms with Gasteiger partial charge in [0.2, 0.25) is 10.0 Å². The Balaban J connectivity index is 2.03. The van der Waals surface area contributed by atoms with Crippen LogP contribution >= 0.6 is 11.6 Å². The summed E-state index contributed by atoms with van der Waals surface area (Å²) in [5.74, 6) is -0.959. The number of esters is 1. The second-order valence-corrected chi connectivity index (χ2v) is 10.3. The zero-order valence-corrected chi connectivity index (χ0v) is 19.6. The maximum absolute atomic E-state index is 13.1. The molecule has 2 heterocycles. The Morgan fingerprint density at radius 1 is 1.45 bits per heavy atom. The maximum atomic E-state index is 13.1. The molecule has 1 N–H and O–H groups in total. The molecule has 1 saturated heterocycles. The number of allylic oxidation sites excluding steroid dienone is 2. The summed E-state index contributed by atoms with van der Waals surface area (Å²) in [6.45, 7) is 8.41. The number of piperidine rings is 1. The number of methoxy groups -OCH3 is 1. The van der Waals surface area contributed by atoms with E-state index >= 15 is 0 Å². The van der Waals surface area contributed by atoms with E-state index < -0.39 is 21.8 Å². The summed E-state index contributed by atoms with van der Waals surface area (Å²) in [5.41, 5.74) is 1.74. The van der Waals surface area contributed by atoms with Crippen molar-refractivity contribution in [2.75, 3.05) is 26.0 Å². The molecule has 31 heavy (non-hydrogen) atoms. The Bertz CT molecular complexity index is 930. The number of aromatic nitrogens is 1. The standard InChI is InChI=1S/C21H29ClFN3O4S/c1-14-13-26(31(28,29)11-5-6-20(27)30-4)10-9-18(14)21(15(2)22)25-16(3)19-8-7-17(23)12-24-19/h7-8,12,14,18,25H,3,5-6,9-11,13H2,1-2,4H3/b21-15+/t14-,18+/m0/s1. The van der Waals surface area contributed by atoms with Crippen LogP contribution < -0.4 is 5.32 Å². The first-order valence-corrected chi connectivity index (χ1v) is 12.0. The number of carbonyl (C=O) groups excluding carboxylic acids is 1. The number of sulfonamides is 1. The third kappa shape index (κ3) is 7.02. The molecule has 0 bridgehead atoms. The van der Waals surface area contributed by atoms with Crippen LogP contribution in [-0.4, -0.2) is 49.6 Å². The average Bonchev–Trinajstić information content (AvgIpc) is 2.72. The zero-order valence-electron chi connectivity index (χ0n) is 18.0. The molecule has 0 aromatic carbocycles. The fraction of sp³-hybridized carbons (Fsp3) is 0.524. The molecular weight excluding hydrogens is 445 g/mol. The highest BCUT2D eigenvalue weighted by Crippen LogP contribution is 2.33. The molecule has 172 valence electrons. The highest BCUT2D eigenvalue weighted by molar-refractivity contribution is 7.89. The second-order valence-electron chi connectivity index (χ2n) is 7.64. The summed E-state index contributed by atoms with van der Waals surface area (Å²) >= 11 is 6.36. The van der Waals surface area contributed by atoms with E-state index in [0.717, 1.165) is 11.9 Å². The second kappa shape index (κ2) is 11.1. The highest BCUT2D eigenvalue weighted by Gasteiger charge is 2.35. The van der Waals surface area contributed by atoms with Crippen LogP contribution in [0.2, 0.25) is 0 Å². The van der Waals surface area contributed by atoms with E-state index in [1.54, 1.807) is 6.92 Å². The van der Waals surface area contributed by atoms with Gasteiger partial charge in [-0.15, -0.1) is 0 Å². The number of hydrogen-bond donors (Lipinski definition) is 1. The number of hydrogen-bond acceptors (Lipinski definition) is 6. The first-order valence-electron chi connectivity index (χ1n) is 10.0. The van der Waals surface area contributed by atoms with Gasteiger partial charge in [-0.25, -0.2) is 17.1 Å². The van der Waals surface area contributed by atoms with Crippen molar-refractivity contribution in [1.82, 2.24) is 14.6 Å². The van der Waals surface area contributed by atoms with Crippen LogP contribution in [0.3, 0.4) is 0 Å². The summed E-state index contributed by atoms with van der Waals surface area (Å²) in [4.78, 5) is 15.3. The van der Waals surface area contributed by atoms with Crippen LogP contribution in [0.4, 0.5) is 4.39 Å². The van der Waals surface area contributed by atoms with Gasteiger partial charge < -0.3 is 10.1 Å². The average molecular weight is 474 g/mol. The minimum atomic E-state index is -3.47. The minimum Gasteiger partial charge on any atom is -0.469 e. The van der Waals surface area contributed by atoms with E-state index in [-0.39, 0.29) is 30.4 Å². The molecule has 0 radical (unpaired) electrons. The van der Waals surface area contributed by atoms with E-state index in [0.29, 0.717) is 35.9 Å². The molecule has 7 nitrogen and oxygen atoms in total. The van der Waals surface area contributed by atoms with E-state index in [1.807, 2.05) is 6.92 Å². The molecular formula is C21H29ClFN3O4S. The largest absolute Gasteiger partial charge is 0.469 e. The van der Waals surface area contributed by atoms with E-state index in [4.69, 9.17) is 11.6 Å². The third-order valence-electron chi connectivity index (χ3n) is 5.34. The third-order valence-corrected chi connectivity index (χ3v) is 7.46. The first kappa shape index (κ1) is 25.3. The Kier molecular flexibility index (Phi) is 9.02. The van der Waals surface area contributed by atoms with Crippen molar-refractivity contribution in [1.29, 1.82) is 0 Å². The molecule has 1 aromatic heterocycles. The summed E-state index contributed by atoms with van der Waals surface area (Å²) in [6.07, 6.45) is 1.99. The van der Waals surface area contributed by atoms with Crippen LogP contribution in [0.25, 0.3) is 5.70 Å². The number of nitrogens with one attached hydrogen (secondary N) is 1. The fourth-order valence-corrected chi connectivity index (χ4v) is 5.43. The van der Waals surface area contributed by atoms with Gasteiger partial charge in [0, 0.05) is 36.2 Å². The lowest BCUT2D eigenvalue weighted by Crippen LogP contribution is -2.45. The van der Waals surface area contributed by atoms with Gasteiger partial charge in [0.1, 0.15) is 5.82 Å². The van der Waals surface area contributed by atoms with Crippen molar-refractivity contribution in [2.24, 2.45) is 11.8 Å². The molecule has 0 spiro atoms. The van der Waals surface area contributed by atoms with Crippen LogP contribution in [0, 0.1) is 17.7 Å². The van der Waals surface area contributed by atoms with Gasteiger partial charge in [0.25, 0.3) is 0 Å². The molecule has 2 atom stereocenters. The van der Waals surface area contributed by atoms with E-state index in [1.165, 1.54) is 23.5 Å². The lowest BCUT2D eigenvalue weighted by atomic mass is 9.84. The monoisotopic (exact) mass is 473 g/mol. The van der Waals surface area contributed by atoms with Crippen LogP contribution in [0.5, 0.6) is 0 Å². The van der Waals surface area contributed by atoms with Crippen molar-refractivity contribution in [2.45, 2.75) is 33.1 Å². The van der Waals surface area contributed by atoms with E-state index in [2.05, 4.69) is 21.6 Å². The lowest BCUT2D eigenvalue weighted by Gasteiger charge is -2.38. The van der Waals surface area contributed by atoms with Crippen molar-refractivity contribution >= 4 is 33.3 Å². The van der Waals surface area contributed by atoms with Crippen molar-refractivity contribution in [3.63, 3.8) is 0 Å². The molecule has 0 aliphatic carbocycles. The van der Waals surface area contributed by atoms with Gasteiger partial charge in [-0.1, -0.05) is 25.1 Å². The predicted octanol–water partition coefficient (Wildman–Crippen LogP) is 3.49. The van der Waals surface area contributed by atoms with Gasteiger partial charge in [-0.05, 0) is 37.8 Å². The number of carbonyl (C=O) groups is 1. The molecule has 1 aromatic rings. The number of nitrogens with zero attached hydrogens (tertiary/aromatic N) is 2. The van der Waals surface area contributed by atoms with Crippen molar-refractivity contribution in [3.8, 4) is 0 Å². The predicted molar refractivity (Wildman–Crippen MR) is 119 cm³/mol. The Morgan fingerprint density at radius 3 is 2.71 bits per heavy atom. The van der Waals surface area contributed by atoms with Gasteiger partial charge >= 0.3 is 5.97 Å². The maximum Gasteiger partial charge on any atom is 0.305 e. The summed E-state index contributed by atoms with van der Waals surface area (Å²) < 4.78 is 44.5. The smallest absolute Gasteiger partial charge is 0.305 e. The highest BCUT2D eigenvalue weighted by atomic mass is 35.5. The molecule has 0 amide bonds. The molecule has 10 heteroatoms. The number of halogens is 2. The number of rotatable bonds is 9. The molecule has 1 aliphatic rings. The quantitative estimate of drug-likeness (QED) is 0.552. The van der Waals surface area contributed by atoms with Gasteiger partial charge in [0.05, 0.1) is 30.5 Å². The van der Waals surface area contributed by atoms with Crippen molar-refractivity contribution < 1.29 is 22.3 Å². The normalized spacial score (nSPS) is 20.7. The van der Waals surface area contributed by atoms with Crippen LogP contribution in [0.15, 0.2) is 35.6 Å². The molecule has 2 rings (SSSR count). The van der Waals surface area contributed by atoms with Crippen LogP contribution in [-0.2, 0) is 19.6 Å². The number of pyridine rings is 1.